The largest absolute Gasteiger partial charge is 0.396 e. The standard InChI is InChI=1S/C11H18N2O/c1-10(2)13(8-3-9-14)11-4-6-12-7-5-11/h4-7,10,14H,3,8-9H2,1-2H3. The van der Waals surface area contributed by atoms with Crippen LogP contribution in [0.4, 0.5) is 5.69 Å². The van der Waals surface area contributed by atoms with Crippen molar-refractivity contribution < 1.29 is 5.11 Å². The van der Waals surface area contributed by atoms with E-state index < -0.39 is 0 Å². The van der Waals surface area contributed by atoms with Crippen molar-refractivity contribution >= 4 is 5.69 Å². The molecule has 3 nitrogen and oxygen atoms in total. The summed E-state index contributed by atoms with van der Waals surface area (Å²) in [4.78, 5) is 6.25. The molecule has 0 unspecified atom stereocenters. The first-order valence-electron chi connectivity index (χ1n) is 5.03. The van der Waals surface area contributed by atoms with Crippen LogP contribution in [0, 0.1) is 0 Å². The fraction of sp³-hybridized carbons (Fsp3) is 0.545. The van der Waals surface area contributed by atoms with Crippen molar-refractivity contribution in [2.45, 2.75) is 26.3 Å². The molecule has 0 amide bonds. The minimum atomic E-state index is 0.244. The molecule has 14 heavy (non-hydrogen) atoms. The van der Waals surface area contributed by atoms with Gasteiger partial charge in [-0.05, 0) is 32.4 Å². The van der Waals surface area contributed by atoms with Gasteiger partial charge in [0.15, 0.2) is 0 Å². The van der Waals surface area contributed by atoms with Crippen LogP contribution >= 0.6 is 0 Å². The zero-order chi connectivity index (χ0) is 10.4. The van der Waals surface area contributed by atoms with Crippen molar-refractivity contribution in [1.29, 1.82) is 0 Å². The molecular weight excluding hydrogens is 176 g/mol. The van der Waals surface area contributed by atoms with Crippen LogP contribution in [0.15, 0.2) is 24.5 Å². The number of anilines is 1. The van der Waals surface area contributed by atoms with E-state index >= 15 is 0 Å². The van der Waals surface area contributed by atoms with Crippen LogP contribution in [-0.2, 0) is 0 Å². The molecule has 1 heterocycles. The van der Waals surface area contributed by atoms with Gasteiger partial charge < -0.3 is 10.0 Å². The maximum atomic E-state index is 8.80. The summed E-state index contributed by atoms with van der Waals surface area (Å²) >= 11 is 0. The highest BCUT2D eigenvalue weighted by Crippen LogP contribution is 2.15. The Morgan fingerprint density at radius 1 is 1.36 bits per heavy atom. The van der Waals surface area contributed by atoms with Crippen LogP contribution in [0.25, 0.3) is 0 Å². The minimum absolute atomic E-state index is 0.244. The van der Waals surface area contributed by atoms with Crippen LogP contribution in [-0.4, -0.2) is 29.3 Å². The molecule has 0 radical (unpaired) electrons. The lowest BCUT2D eigenvalue weighted by Gasteiger charge is -2.28. The summed E-state index contributed by atoms with van der Waals surface area (Å²) in [5.41, 5.74) is 1.17. The second-order valence-corrected chi connectivity index (χ2v) is 3.57. The summed E-state index contributed by atoms with van der Waals surface area (Å²) in [6.45, 7) is 5.43. The molecule has 0 fully saturated rings. The van der Waals surface area contributed by atoms with E-state index in [2.05, 4.69) is 23.7 Å². The Balaban J connectivity index is 2.68. The van der Waals surface area contributed by atoms with Gasteiger partial charge in [0.1, 0.15) is 0 Å². The van der Waals surface area contributed by atoms with Crippen molar-refractivity contribution in [3.8, 4) is 0 Å². The highest BCUT2D eigenvalue weighted by Gasteiger charge is 2.08. The lowest BCUT2D eigenvalue weighted by Crippen LogP contribution is -2.32. The van der Waals surface area contributed by atoms with Gasteiger partial charge in [-0.2, -0.15) is 0 Å². The van der Waals surface area contributed by atoms with Gasteiger partial charge in [0.25, 0.3) is 0 Å². The van der Waals surface area contributed by atoms with Crippen LogP contribution in [0.5, 0.6) is 0 Å². The maximum Gasteiger partial charge on any atom is 0.0447 e. The lowest BCUT2D eigenvalue weighted by molar-refractivity contribution is 0.288. The molecule has 1 aromatic rings. The molecule has 1 N–H and O–H groups in total. The molecule has 78 valence electrons. The molecule has 0 atom stereocenters. The van der Waals surface area contributed by atoms with E-state index in [0.29, 0.717) is 6.04 Å². The summed E-state index contributed by atoms with van der Waals surface area (Å²) in [5, 5.41) is 8.80. The average molecular weight is 194 g/mol. The molecule has 0 spiro atoms. The molecule has 0 saturated heterocycles. The molecule has 1 aromatic heterocycles. The number of hydrogen-bond donors (Lipinski definition) is 1. The third-order valence-electron chi connectivity index (χ3n) is 2.17. The van der Waals surface area contributed by atoms with Crippen molar-refractivity contribution in [3.63, 3.8) is 0 Å². The third-order valence-corrected chi connectivity index (χ3v) is 2.17. The number of aliphatic hydroxyl groups is 1. The SMILES string of the molecule is CC(C)N(CCCO)c1ccncc1. The fourth-order valence-corrected chi connectivity index (χ4v) is 1.46. The summed E-state index contributed by atoms with van der Waals surface area (Å²) in [6.07, 6.45) is 4.40. The van der Waals surface area contributed by atoms with E-state index in [1.54, 1.807) is 12.4 Å². The second-order valence-electron chi connectivity index (χ2n) is 3.57. The van der Waals surface area contributed by atoms with E-state index in [1.807, 2.05) is 12.1 Å². The smallest absolute Gasteiger partial charge is 0.0447 e. The van der Waals surface area contributed by atoms with Gasteiger partial charge in [-0.15, -0.1) is 0 Å². The minimum Gasteiger partial charge on any atom is -0.396 e. The van der Waals surface area contributed by atoms with E-state index in [9.17, 15) is 0 Å². The predicted octanol–water partition coefficient (Wildman–Crippen LogP) is 1.68. The summed E-state index contributed by atoms with van der Waals surface area (Å²) in [6, 6.07) is 4.44. The zero-order valence-electron chi connectivity index (χ0n) is 8.85. The van der Waals surface area contributed by atoms with Gasteiger partial charge in [-0.1, -0.05) is 0 Å². The van der Waals surface area contributed by atoms with Gasteiger partial charge in [0.05, 0.1) is 0 Å². The molecule has 0 aromatic carbocycles. The van der Waals surface area contributed by atoms with E-state index in [4.69, 9.17) is 5.11 Å². The molecule has 0 aliphatic carbocycles. The summed E-state index contributed by atoms with van der Waals surface area (Å²) in [5.74, 6) is 0. The summed E-state index contributed by atoms with van der Waals surface area (Å²) in [7, 11) is 0. The molecular formula is C11H18N2O. The number of aliphatic hydroxyl groups excluding tert-OH is 1. The Morgan fingerprint density at radius 2 is 2.00 bits per heavy atom. The maximum absolute atomic E-state index is 8.80. The van der Waals surface area contributed by atoms with Crippen molar-refractivity contribution in [1.82, 2.24) is 4.98 Å². The monoisotopic (exact) mass is 194 g/mol. The highest BCUT2D eigenvalue weighted by molar-refractivity contribution is 5.45. The fourth-order valence-electron chi connectivity index (χ4n) is 1.46. The van der Waals surface area contributed by atoms with Crippen molar-refractivity contribution in [3.05, 3.63) is 24.5 Å². The van der Waals surface area contributed by atoms with Crippen LogP contribution < -0.4 is 4.90 Å². The third kappa shape index (κ3) is 3.00. The normalized spacial score (nSPS) is 10.6. The topological polar surface area (TPSA) is 36.4 Å². The average Bonchev–Trinajstić information content (AvgIpc) is 2.19. The first kappa shape index (κ1) is 11.0. The van der Waals surface area contributed by atoms with Crippen LogP contribution in [0.1, 0.15) is 20.3 Å². The summed E-state index contributed by atoms with van der Waals surface area (Å²) < 4.78 is 0. The van der Waals surface area contributed by atoms with Crippen LogP contribution in [0.2, 0.25) is 0 Å². The molecule has 0 aliphatic heterocycles. The molecule has 0 aliphatic rings. The lowest BCUT2D eigenvalue weighted by atomic mass is 10.2. The Hall–Kier alpha value is -1.09. The van der Waals surface area contributed by atoms with Crippen molar-refractivity contribution in [2.24, 2.45) is 0 Å². The molecule has 3 heteroatoms. The van der Waals surface area contributed by atoms with Crippen LogP contribution in [0.3, 0.4) is 0 Å². The Labute approximate surface area is 85.4 Å². The quantitative estimate of drug-likeness (QED) is 0.774. The van der Waals surface area contributed by atoms with Gasteiger partial charge >= 0.3 is 0 Å². The Kier molecular flexibility index (Phi) is 4.40. The number of pyridine rings is 1. The van der Waals surface area contributed by atoms with Gasteiger partial charge in [-0.25, -0.2) is 0 Å². The molecule has 1 rings (SSSR count). The van der Waals surface area contributed by atoms with E-state index in [0.717, 1.165) is 13.0 Å². The predicted molar refractivity (Wildman–Crippen MR) is 58.4 cm³/mol. The van der Waals surface area contributed by atoms with Crippen molar-refractivity contribution in [2.75, 3.05) is 18.1 Å². The Morgan fingerprint density at radius 3 is 2.50 bits per heavy atom. The molecule has 0 saturated carbocycles. The number of aromatic nitrogens is 1. The Bertz CT molecular complexity index is 249. The first-order valence-corrected chi connectivity index (χ1v) is 5.03. The van der Waals surface area contributed by atoms with E-state index in [-0.39, 0.29) is 6.61 Å². The second kappa shape index (κ2) is 5.60. The van der Waals surface area contributed by atoms with E-state index in [1.165, 1.54) is 5.69 Å². The number of hydrogen-bond acceptors (Lipinski definition) is 3. The number of rotatable bonds is 5. The van der Waals surface area contributed by atoms with Gasteiger partial charge in [0.2, 0.25) is 0 Å². The first-order chi connectivity index (χ1) is 6.75. The van der Waals surface area contributed by atoms with Gasteiger partial charge in [0, 0.05) is 37.3 Å². The number of nitrogens with zero attached hydrogens (tertiary/aromatic N) is 2. The highest BCUT2D eigenvalue weighted by atomic mass is 16.3. The molecule has 0 bridgehead atoms. The zero-order valence-corrected chi connectivity index (χ0v) is 8.85. The van der Waals surface area contributed by atoms with Gasteiger partial charge in [-0.3, -0.25) is 4.98 Å².